The van der Waals surface area contributed by atoms with E-state index >= 15 is 0 Å². The van der Waals surface area contributed by atoms with Crippen molar-refractivity contribution >= 4 is 11.8 Å². The van der Waals surface area contributed by atoms with Gasteiger partial charge in [-0.1, -0.05) is 18.2 Å². The third kappa shape index (κ3) is 2.10. The fourth-order valence-corrected chi connectivity index (χ4v) is 2.32. The summed E-state index contributed by atoms with van der Waals surface area (Å²) in [6.07, 6.45) is 0. The van der Waals surface area contributed by atoms with E-state index in [1.165, 1.54) is 0 Å². The minimum atomic E-state index is 0.542. The van der Waals surface area contributed by atoms with Gasteiger partial charge in [0, 0.05) is 18.5 Å². The number of hydrogen-bond acceptors (Lipinski definition) is 4. The van der Waals surface area contributed by atoms with Crippen molar-refractivity contribution in [3.63, 3.8) is 0 Å². The zero-order chi connectivity index (χ0) is 11.5. The van der Waals surface area contributed by atoms with Gasteiger partial charge in [-0.25, -0.2) is 0 Å². The second-order valence-corrected chi connectivity index (χ2v) is 4.51. The number of aryl methyl sites for hydroxylation is 1. The van der Waals surface area contributed by atoms with Crippen molar-refractivity contribution in [2.24, 2.45) is 12.8 Å². The number of aromatic nitrogens is 3. The van der Waals surface area contributed by atoms with E-state index in [-0.39, 0.29) is 0 Å². The summed E-state index contributed by atoms with van der Waals surface area (Å²) in [5, 5.41) is 9.04. The molecule has 84 valence electrons. The quantitative estimate of drug-likeness (QED) is 0.878. The lowest BCUT2D eigenvalue weighted by atomic mass is 10.2. The molecule has 0 saturated carbocycles. The minimum Gasteiger partial charge on any atom is -0.326 e. The Morgan fingerprint density at radius 2 is 2.06 bits per heavy atom. The van der Waals surface area contributed by atoms with Gasteiger partial charge in [-0.3, -0.25) is 0 Å². The van der Waals surface area contributed by atoms with Crippen LogP contribution in [0.2, 0.25) is 0 Å². The molecular formula is C11H14N4S. The second-order valence-electron chi connectivity index (χ2n) is 3.50. The van der Waals surface area contributed by atoms with Crippen molar-refractivity contribution in [3.05, 3.63) is 35.7 Å². The maximum absolute atomic E-state index is 5.69. The van der Waals surface area contributed by atoms with Gasteiger partial charge in [-0.05, 0) is 30.3 Å². The van der Waals surface area contributed by atoms with Crippen LogP contribution in [-0.4, -0.2) is 14.8 Å². The number of benzene rings is 1. The van der Waals surface area contributed by atoms with Crippen molar-refractivity contribution in [2.45, 2.75) is 23.5 Å². The highest BCUT2D eigenvalue weighted by molar-refractivity contribution is 7.99. The zero-order valence-corrected chi connectivity index (χ0v) is 10.2. The fraction of sp³-hybridized carbons (Fsp3) is 0.273. The minimum absolute atomic E-state index is 0.542. The molecule has 1 aromatic carbocycles. The number of nitrogens with zero attached hydrogens (tertiary/aromatic N) is 3. The van der Waals surface area contributed by atoms with Crippen LogP contribution in [0.5, 0.6) is 0 Å². The van der Waals surface area contributed by atoms with Crippen molar-refractivity contribution in [3.8, 4) is 0 Å². The van der Waals surface area contributed by atoms with Crippen molar-refractivity contribution in [2.75, 3.05) is 0 Å². The van der Waals surface area contributed by atoms with Gasteiger partial charge in [0.05, 0.1) is 0 Å². The Kier molecular flexibility index (Phi) is 3.26. The van der Waals surface area contributed by atoms with Crippen LogP contribution in [0.4, 0.5) is 0 Å². The monoisotopic (exact) mass is 234 g/mol. The first-order chi connectivity index (χ1) is 7.72. The average Bonchev–Trinajstić information content (AvgIpc) is 2.62. The Labute approximate surface area is 98.9 Å². The van der Waals surface area contributed by atoms with Crippen LogP contribution in [-0.2, 0) is 13.6 Å². The Morgan fingerprint density at radius 3 is 2.69 bits per heavy atom. The Balaban J connectivity index is 2.30. The molecular weight excluding hydrogens is 220 g/mol. The molecule has 0 amide bonds. The molecule has 2 rings (SSSR count). The topological polar surface area (TPSA) is 56.7 Å². The number of rotatable bonds is 3. The summed E-state index contributed by atoms with van der Waals surface area (Å²) in [5.41, 5.74) is 6.82. The Morgan fingerprint density at radius 1 is 1.31 bits per heavy atom. The molecule has 0 fully saturated rings. The first kappa shape index (κ1) is 11.2. The van der Waals surface area contributed by atoms with Gasteiger partial charge < -0.3 is 10.3 Å². The second kappa shape index (κ2) is 4.67. The number of hydrogen-bond donors (Lipinski definition) is 1. The third-order valence-corrected chi connectivity index (χ3v) is 3.60. The van der Waals surface area contributed by atoms with Gasteiger partial charge in [-0.15, -0.1) is 10.2 Å². The molecule has 4 nitrogen and oxygen atoms in total. The third-order valence-electron chi connectivity index (χ3n) is 2.45. The molecule has 0 radical (unpaired) electrons. The maximum Gasteiger partial charge on any atom is 0.195 e. The summed E-state index contributed by atoms with van der Waals surface area (Å²) < 4.78 is 1.97. The molecule has 16 heavy (non-hydrogen) atoms. The van der Waals surface area contributed by atoms with Crippen LogP contribution in [0.25, 0.3) is 0 Å². The smallest absolute Gasteiger partial charge is 0.195 e. The van der Waals surface area contributed by atoms with E-state index in [9.17, 15) is 0 Å². The Bertz CT molecular complexity index is 492. The standard InChI is InChI=1S/C11H14N4S/c1-8-13-14-11(15(8)2)16-10-6-4-3-5-9(10)7-12/h3-6H,7,12H2,1-2H3. The summed E-state index contributed by atoms with van der Waals surface area (Å²) in [6.45, 7) is 2.48. The molecule has 0 atom stereocenters. The summed E-state index contributed by atoms with van der Waals surface area (Å²) in [5.74, 6) is 0.910. The lowest BCUT2D eigenvalue weighted by molar-refractivity contribution is 0.765. The summed E-state index contributed by atoms with van der Waals surface area (Å²) >= 11 is 1.60. The van der Waals surface area contributed by atoms with Gasteiger partial charge >= 0.3 is 0 Å². The van der Waals surface area contributed by atoms with Gasteiger partial charge in [0.25, 0.3) is 0 Å². The van der Waals surface area contributed by atoms with Gasteiger partial charge in [-0.2, -0.15) is 0 Å². The van der Waals surface area contributed by atoms with E-state index in [4.69, 9.17) is 5.73 Å². The molecule has 0 bridgehead atoms. The van der Waals surface area contributed by atoms with E-state index in [1.807, 2.05) is 36.7 Å². The molecule has 0 unspecified atom stereocenters. The predicted octanol–water partition coefficient (Wildman–Crippen LogP) is 1.73. The molecule has 5 heteroatoms. The lowest BCUT2D eigenvalue weighted by Gasteiger charge is -2.06. The largest absolute Gasteiger partial charge is 0.326 e. The van der Waals surface area contributed by atoms with Gasteiger partial charge in [0.1, 0.15) is 5.82 Å². The lowest BCUT2D eigenvalue weighted by Crippen LogP contribution is -1.99. The molecule has 2 aromatic rings. The van der Waals surface area contributed by atoms with Crippen LogP contribution >= 0.6 is 11.8 Å². The average molecular weight is 234 g/mol. The molecule has 0 aliphatic carbocycles. The number of nitrogens with two attached hydrogens (primary N) is 1. The van der Waals surface area contributed by atoms with E-state index in [1.54, 1.807) is 11.8 Å². The summed E-state index contributed by atoms with van der Waals surface area (Å²) in [6, 6.07) is 8.08. The zero-order valence-electron chi connectivity index (χ0n) is 9.34. The maximum atomic E-state index is 5.69. The molecule has 0 aliphatic heterocycles. The molecule has 0 spiro atoms. The van der Waals surface area contributed by atoms with Crippen LogP contribution in [0.3, 0.4) is 0 Å². The highest BCUT2D eigenvalue weighted by atomic mass is 32.2. The molecule has 1 aromatic heterocycles. The summed E-state index contributed by atoms with van der Waals surface area (Å²) in [4.78, 5) is 1.14. The molecule has 1 heterocycles. The molecule has 0 aliphatic rings. The predicted molar refractivity (Wildman–Crippen MR) is 64.2 cm³/mol. The van der Waals surface area contributed by atoms with Gasteiger partial charge in [0.2, 0.25) is 0 Å². The van der Waals surface area contributed by atoms with Crippen molar-refractivity contribution in [1.82, 2.24) is 14.8 Å². The van der Waals surface area contributed by atoms with E-state index in [2.05, 4.69) is 16.3 Å². The first-order valence-electron chi connectivity index (χ1n) is 5.04. The Hall–Kier alpha value is -1.33. The van der Waals surface area contributed by atoms with Crippen LogP contribution < -0.4 is 5.73 Å². The summed E-state index contributed by atoms with van der Waals surface area (Å²) in [7, 11) is 1.96. The van der Waals surface area contributed by atoms with Gasteiger partial charge in [0.15, 0.2) is 5.16 Å². The van der Waals surface area contributed by atoms with Crippen LogP contribution in [0.1, 0.15) is 11.4 Å². The molecule has 2 N–H and O–H groups in total. The van der Waals surface area contributed by atoms with Crippen LogP contribution in [0.15, 0.2) is 34.3 Å². The van der Waals surface area contributed by atoms with Crippen molar-refractivity contribution < 1.29 is 0 Å². The molecule has 0 saturated heterocycles. The normalized spacial score (nSPS) is 10.7. The first-order valence-corrected chi connectivity index (χ1v) is 5.86. The van der Waals surface area contributed by atoms with Crippen LogP contribution in [0, 0.1) is 6.92 Å². The SMILES string of the molecule is Cc1nnc(Sc2ccccc2CN)n1C. The highest BCUT2D eigenvalue weighted by Gasteiger charge is 2.08. The fourth-order valence-electron chi connectivity index (χ4n) is 1.35. The highest BCUT2D eigenvalue weighted by Crippen LogP contribution is 2.28. The van der Waals surface area contributed by atoms with E-state index in [0.29, 0.717) is 6.54 Å². The van der Waals surface area contributed by atoms with E-state index < -0.39 is 0 Å². The van der Waals surface area contributed by atoms with E-state index in [0.717, 1.165) is 21.4 Å². The van der Waals surface area contributed by atoms with Crippen molar-refractivity contribution in [1.29, 1.82) is 0 Å².